The average molecular weight is 1250 g/mol. The van der Waals surface area contributed by atoms with Gasteiger partial charge in [0.15, 0.2) is 5.96 Å². The average Bonchev–Trinajstić information content (AvgIpc) is 3.50. The van der Waals surface area contributed by atoms with Crippen LogP contribution in [0.4, 0.5) is 0 Å². The number of nitrogens with two attached hydrogens (primary N) is 4. The normalized spacial score (nSPS) is 18.2. The van der Waals surface area contributed by atoms with E-state index in [0.717, 1.165) is 4.90 Å². The van der Waals surface area contributed by atoms with Crippen molar-refractivity contribution in [3.05, 3.63) is 59.7 Å². The van der Waals surface area contributed by atoms with Crippen LogP contribution in [0, 0.1) is 0 Å². The Morgan fingerprint density at radius 1 is 0.568 bits per heavy atom. The highest BCUT2D eigenvalue weighted by atomic mass is 32.2. The number of primary amides is 1. The fourth-order valence-corrected chi connectivity index (χ4v) is 10.9. The molecule has 2 aromatic rings. The maximum absolute atomic E-state index is 14.6. The molecule has 0 radical (unpaired) electrons. The first kappa shape index (κ1) is 69.7. The molecule has 18 N–H and O–H groups in total. The van der Waals surface area contributed by atoms with Gasteiger partial charge in [0.05, 0.1) is 18.3 Å². The Kier molecular flexibility index (Phi) is 26.7. The lowest BCUT2D eigenvalue weighted by Crippen LogP contribution is -2.60. The molecule has 0 aromatic heterocycles. The summed E-state index contributed by atoms with van der Waals surface area (Å²) in [5.41, 5.74) is 23.3. The zero-order valence-corrected chi connectivity index (χ0v) is 49.4. The summed E-state index contributed by atoms with van der Waals surface area (Å²) < 4.78 is 0. The van der Waals surface area contributed by atoms with Gasteiger partial charge in [-0.15, -0.1) is 0 Å². The number of carbonyl (C=O) groups is 13. The second kappa shape index (κ2) is 33.7. The molecule has 5 rings (SSSR count). The van der Waals surface area contributed by atoms with E-state index in [-0.39, 0.29) is 95.0 Å². The fourth-order valence-electron chi connectivity index (χ4n) is 10.4. The number of carboxylic acid groups (broad SMARTS) is 2. The number of aliphatic imine (C=N–C) groups is 1. The van der Waals surface area contributed by atoms with E-state index in [9.17, 15) is 82.8 Å². The first-order chi connectivity index (χ1) is 41.7. The first-order valence-electron chi connectivity index (χ1n) is 28.7. The van der Waals surface area contributed by atoms with Crippen LogP contribution in [0.2, 0.25) is 0 Å². The van der Waals surface area contributed by atoms with E-state index in [1.165, 1.54) is 65.3 Å². The smallest absolute Gasteiger partial charge is 0.303 e. The van der Waals surface area contributed by atoms with Crippen LogP contribution in [-0.4, -0.2) is 210 Å². The van der Waals surface area contributed by atoms with Crippen molar-refractivity contribution in [3.8, 4) is 11.5 Å². The van der Waals surface area contributed by atoms with Gasteiger partial charge in [0.25, 0.3) is 0 Å². The number of rotatable bonds is 32. The largest absolute Gasteiger partial charge is 0.508 e. The van der Waals surface area contributed by atoms with Crippen molar-refractivity contribution in [2.45, 2.75) is 151 Å². The number of benzene rings is 2. The standard InChI is InChI=1S/C56H78N14O17S/c1-30(57)53(85)68-23-4-8-41(68)51(83)64-35(6-2-22-61-56(59)60)48(80)66-37(19-21-45(76)77)54(86)70-25-5-9-42(70)52(84)65-36(18-20-44(74)75)49(81)67-39(27-32-12-16-34(72)17-13-32)55(87)69-24-3-7-40(69)50(82)62-28-46(78)88-29-43(73)63-38(47(58)79)26-31-10-14-33(71)15-11-31/h10-17,30,35-42,71-72H,2-9,18-29,57H2,1H3,(H2,58,79)(H,62,82)(H,63,73)(H,64,83)(H,65,84)(H,66,80)(H,67,81)(H,74,75)(H,76,77)(H4,59,60,61)/t30-,35-,36-,37-,38-,39-,40-,41-,42-/m0/s1. The van der Waals surface area contributed by atoms with E-state index in [4.69, 9.17) is 22.9 Å². The highest BCUT2D eigenvalue weighted by Gasteiger charge is 2.43. The second-order valence-electron chi connectivity index (χ2n) is 21.6. The maximum atomic E-state index is 14.6. The van der Waals surface area contributed by atoms with Crippen LogP contribution in [0.3, 0.4) is 0 Å². The van der Waals surface area contributed by atoms with Gasteiger partial charge in [0, 0.05) is 51.9 Å². The Hall–Kier alpha value is -9.07. The van der Waals surface area contributed by atoms with E-state index in [0.29, 0.717) is 35.7 Å². The van der Waals surface area contributed by atoms with Crippen LogP contribution in [-0.2, 0) is 75.2 Å². The molecule has 0 spiro atoms. The van der Waals surface area contributed by atoms with Gasteiger partial charge in [-0.2, -0.15) is 0 Å². The summed E-state index contributed by atoms with van der Waals surface area (Å²) in [6, 6.07) is -0.257. The molecular weight excluding hydrogens is 1170 g/mol. The van der Waals surface area contributed by atoms with Crippen LogP contribution in [0.1, 0.15) is 95.1 Å². The number of aromatic hydroxyl groups is 2. The summed E-state index contributed by atoms with van der Waals surface area (Å²) in [5.74, 6) is -11.6. The van der Waals surface area contributed by atoms with E-state index in [1.807, 2.05) is 0 Å². The van der Waals surface area contributed by atoms with Gasteiger partial charge < -0.3 is 90.0 Å². The minimum atomic E-state index is -1.68. The van der Waals surface area contributed by atoms with Crippen molar-refractivity contribution in [1.82, 2.24) is 46.6 Å². The predicted molar refractivity (Wildman–Crippen MR) is 314 cm³/mol. The molecule has 9 atom stereocenters. The molecule has 0 bridgehead atoms. The molecule has 0 unspecified atom stereocenters. The van der Waals surface area contributed by atoms with Crippen molar-refractivity contribution < 1.29 is 82.8 Å². The molecule has 32 heteroatoms. The summed E-state index contributed by atoms with van der Waals surface area (Å²) in [6.07, 6.45) is -1.18. The lowest BCUT2D eigenvalue weighted by atomic mass is 10.0. The Bertz CT molecular complexity index is 2910. The molecule has 3 heterocycles. The lowest BCUT2D eigenvalue weighted by Gasteiger charge is -2.32. The molecule has 31 nitrogen and oxygen atoms in total. The molecule has 3 aliphatic rings. The number of carboxylic acids is 2. The minimum Gasteiger partial charge on any atom is -0.508 e. The SMILES string of the molecule is C[C@H](N)C(=O)N1CCC[C@H]1C(=O)N[C@@H](CCCN=C(N)N)C(=O)N[C@@H](CCC(=O)O)C(=O)N1CCC[C@H]1C(=O)N[C@@H](CCC(=O)O)C(=O)N[C@@H](Cc1ccc(O)cc1)C(=O)N1CCC[C@H]1C(=O)NCC(=O)SCC(=O)N[C@@H](Cc1ccc(O)cc1)C(N)=O. The van der Waals surface area contributed by atoms with E-state index >= 15 is 0 Å². The van der Waals surface area contributed by atoms with Gasteiger partial charge >= 0.3 is 11.9 Å². The predicted octanol–water partition coefficient (Wildman–Crippen LogP) is -3.73. The Labute approximate surface area is 510 Å². The van der Waals surface area contributed by atoms with Crippen LogP contribution in [0.5, 0.6) is 11.5 Å². The number of phenolic OH excluding ortho intramolecular Hbond substituents is 2. The second-order valence-corrected chi connectivity index (χ2v) is 22.6. The summed E-state index contributed by atoms with van der Waals surface area (Å²) in [6.45, 7) is 1.07. The molecule has 0 aliphatic carbocycles. The number of phenols is 2. The molecule has 3 aliphatic heterocycles. The highest BCUT2D eigenvalue weighted by molar-refractivity contribution is 8.14. The number of amides is 10. The lowest BCUT2D eigenvalue weighted by molar-refractivity contribution is -0.144. The quantitative estimate of drug-likeness (QED) is 0.0190. The molecular formula is C56H78N14O17S. The van der Waals surface area contributed by atoms with Crippen molar-refractivity contribution in [2.24, 2.45) is 27.9 Å². The number of aliphatic carboxylic acids is 2. The maximum Gasteiger partial charge on any atom is 0.303 e. The number of carbonyl (C=O) groups excluding carboxylic acids is 11. The monoisotopic (exact) mass is 1250 g/mol. The Morgan fingerprint density at radius 2 is 1.00 bits per heavy atom. The van der Waals surface area contributed by atoms with Gasteiger partial charge in [-0.1, -0.05) is 36.0 Å². The molecule has 480 valence electrons. The first-order valence-corrected chi connectivity index (χ1v) is 29.7. The van der Waals surface area contributed by atoms with E-state index < -0.39 is 168 Å². The molecule has 10 amide bonds. The fraction of sp³-hybridized carbons (Fsp3) is 0.536. The molecule has 3 saturated heterocycles. The van der Waals surface area contributed by atoms with Gasteiger partial charge in [-0.05, 0) is 107 Å². The summed E-state index contributed by atoms with van der Waals surface area (Å²) in [4.78, 5) is 181. The van der Waals surface area contributed by atoms with Crippen molar-refractivity contribution >= 4 is 93.8 Å². The van der Waals surface area contributed by atoms with Crippen LogP contribution in [0.25, 0.3) is 0 Å². The van der Waals surface area contributed by atoms with Gasteiger partial charge in [-0.3, -0.25) is 67.3 Å². The van der Waals surface area contributed by atoms with Crippen molar-refractivity contribution in [3.63, 3.8) is 0 Å². The molecule has 3 fully saturated rings. The van der Waals surface area contributed by atoms with Crippen LogP contribution >= 0.6 is 11.8 Å². The number of nitrogens with zero attached hydrogens (tertiary/aromatic N) is 4. The van der Waals surface area contributed by atoms with Crippen molar-refractivity contribution in [2.75, 3.05) is 38.5 Å². The number of hydrogen-bond acceptors (Lipinski definition) is 18. The zero-order valence-electron chi connectivity index (χ0n) is 48.6. The summed E-state index contributed by atoms with van der Waals surface area (Å²) in [7, 11) is 0. The van der Waals surface area contributed by atoms with E-state index in [1.54, 1.807) is 0 Å². The number of nitrogens with one attached hydrogen (secondary N) is 6. The zero-order chi connectivity index (χ0) is 64.8. The third kappa shape index (κ3) is 21.4. The summed E-state index contributed by atoms with van der Waals surface area (Å²) in [5, 5.41) is 53.6. The molecule has 2 aromatic carbocycles. The minimum absolute atomic E-state index is 0.00513. The highest BCUT2D eigenvalue weighted by Crippen LogP contribution is 2.24. The third-order valence-corrected chi connectivity index (χ3v) is 15.7. The molecule has 0 saturated carbocycles. The Morgan fingerprint density at radius 3 is 1.47 bits per heavy atom. The van der Waals surface area contributed by atoms with Crippen LogP contribution in [0.15, 0.2) is 53.5 Å². The number of guanidine groups is 1. The van der Waals surface area contributed by atoms with Gasteiger partial charge in [0.2, 0.25) is 64.2 Å². The van der Waals surface area contributed by atoms with Crippen LogP contribution < -0.4 is 54.8 Å². The topological polar surface area (TPSA) is 501 Å². The van der Waals surface area contributed by atoms with Gasteiger partial charge in [0.1, 0.15) is 59.8 Å². The number of hydrogen-bond donors (Lipinski definition) is 14. The molecule has 88 heavy (non-hydrogen) atoms. The number of likely N-dealkylation sites (tertiary alicyclic amines) is 3. The van der Waals surface area contributed by atoms with Crippen molar-refractivity contribution in [1.29, 1.82) is 0 Å². The van der Waals surface area contributed by atoms with Gasteiger partial charge in [-0.25, -0.2) is 0 Å². The summed E-state index contributed by atoms with van der Waals surface area (Å²) >= 11 is 0.541. The van der Waals surface area contributed by atoms with E-state index in [2.05, 4.69) is 36.9 Å². The Balaban J connectivity index is 1.29. The third-order valence-electron chi connectivity index (χ3n) is 14.8. The number of thioether (sulfide) groups is 1.